The Balaban J connectivity index is 0.00000392. The zero-order valence-electron chi connectivity index (χ0n) is 14.8. The lowest BCUT2D eigenvalue weighted by atomic mass is 10.1. The lowest BCUT2D eigenvalue weighted by Crippen LogP contribution is -2.36. The summed E-state index contributed by atoms with van der Waals surface area (Å²) in [6.07, 6.45) is -7.81. The molecule has 0 amide bonds. The van der Waals surface area contributed by atoms with Crippen LogP contribution in [0.25, 0.3) is 0 Å². The summed E-state index contributed by atoms with van der Waals surface area (Å²) in [6.45, 7) is -0.187. The molecule has 0 radical (unpaired) electrons. The fraction of sp³-hybridized carbons (Fsp3) is 0.375. The highest BCUT2D eigenvalue weighted by molar-refractivity contribution is 14.0. The Morgan fingerprint density at radius 1 is 1.07 bits per heavy atom. The number of aryl methyl sites for hydroxylation is 1. The van der Waals surface area contributed by atoms with E-state index in [2.05, 4.69) is 20.7 Å². The van der Waals surface area contributed by atoms with Gasteiger partial charge in [-0.2, -0.15) is 31.4 Å². The molecule has 5 nitrogen and oxygen atoms in total. The fourth-order valence-electron chi connectivity index (χ4n) is 2.35. The van der Waals surface area contributed by atoms with Crippen molar-refractivity contribution < 1.29 is 26.3 Å². The van der Waals surface area contributed by atoms with Crippen LogP contribution in [0.1, 0.15) is 22.4 Å². The molecule has 0 fully saturated rings. The predicted molar refractivity (Wildman–Crippen MR) is 102 cm³/mol. The summed E-state index contributed by atoms with van der Waals surface area (Å²) in [6, 6.07) is 4.72. The highest BCUT2D eigenvalue weighted by Crippen LogP contribution is 2.31. The van der Waals surface area contributed by atoms with Gasteiger partial charge in [-0.05, 0) is 17.7 Å². The maximum Gasteiger partial charge on any atom is 0.435 e. The van der Waals surface area contributed by atoms with Crippen molar-refractivity contribution in [3.63, 3.8) is 0 Å². The molecule has 28 heavy (non-hydrogen) atoms. The predicted octanol–water partition coefficient (Wildman–Crippen LogP) is 3.94. The number of hydrogen-bond acceptors (Lipinski definition) is 2. The van der Waals surface area contributed by atoms with Crippen molar-refractivity contribution in [2.75, 3.05) is 7.05 Å². The third kappa shape index (κ3) is 6.56. The fourth-order valence-corrected chi connectivity index (χ4v) is 2.35. The molecule has 0 aliphatic rings. The summed E-state index contributed by atoms with van der Waals surface area (Å²) < 4.78 is 78.0. The van der Waals surface area contributed by atoms with Crippen LogP contribution in [0.5, 0.6) is 0 Å². The minimum Gasteiger partial charge on any atom is -0.352 e. The maximum atomic E-state index is 12.9. The summed E-state index contributed by atoms with van der Waals surface area (Å²) in [7, 11) is 2.77. The zero-order chi connectivity index (χ0) is 20.2. The zero-order valence-corrected chi connectivity index (χ0v) is 17.1. The molecule has 0 bridgehead atoms. The van der Waals surface area contributed by atoms with Gasteiger partial charge in [-0.15, -0.1) is 24.0 Å². The van der Waals surface area contributed by atoms with Crippen LogP contribution in [0.15, 0.2) is 35.5 Å². The number of rotatable bonds is 4. The molecule has 0 saturated carbocycles. The van der Waals surface area contributed by atoms with Crippen LogP contribution in [-0.4, -0.2) is 22.8 Å². The van der Waals surface area contributed by atoms with E-state index < -0.39 is 23.6 Å². The number of aromatic nitrogens is 2. The van der Waals surface area contributed by atoms with Gasteiger partial charge in [0.25, 0.3) is 0 Å². The maximum absolute atomic E-state index is 12.9. The van der Waals surface area contributed by atoms with E-state index in [1.807, 2.05) is 0 Å². The summed E-state index contributed by atoms with van der Waals surface area (Å²) in [5.74, 6) is 0.143. The average Bonchev–Trinajstić information content (AvgIpc) is 2.96. The molecule has 0 aliphatic heterocycles. The van der Waals surface area contributed by atoms with Crippen LogP contribution in [0.3, 0.4) is 0 Å². The van der Waals surface area contributed by atoms with E-state index in [0.717, 1.165) is 16.8 Å². The molecule has 12 heteroatoms. The summed E-state index contributed by atoms with van der Waals surface area (Å²) in [4.78, 5) is 3.85. The van der Waals surface area contributed by atoms with E-state index in [0.29, 0.717) is 5.56 Å². The number of guanidine groups is 1. The molecule has 2 rings (SSSR count). The van der Waals surface area contributed by atoms with Crippen LogP contribution < -0.4 is 10.6 Å². The Hall–Kier alpha value is -1.99. The van der Waals surface area contributed by atoms with Gasteiger partial charge >= 0.3 is 12.4 Å². The topological polar surface area (TPSA) is 54.2 Å². The molecule has 0 spiro atoms. The first-order valence-electron chi connectivity index (χ1n) is 7.71. The second kappa shape index (κ2) is 9.47. The molecule has 0 aliphatic carbocycles. The molecule has 1 heterocycles. The van der Waals surface area contributed by atoms with E-state index in [1.165, 1.54) is 32.4 Å². The molecule has 0 saturated heterocycles. The van der Waals surface area contributed by atoms with Gasteiger partial charge in [0, 0.05) is 38.9 Å². The number of aliphatic imine (C=N–C) groups is 1. The Morgan fingerprint density at radius 2 is 1.71 bits per heavy atom. The van der Waals surface area contributed by atoms with E-state index in [1.54, 1.807) is 0 Å². The number of halogens is 7. The molecular weight excluding hydrogens is 503 g/mol. The lowest BCUT2D eigenvalue weighted by Gasteiger charge is -2.13. The van der Waals surface area contributed by atoms with Crippen molar-refractivity contribution in [3.8, 4) is 0 Å². The Bertz CT molecular complexity index is 813. The lowest BCUT2D eigenvalue weighted by molar-refractivity contribution is -0.142. The first-order chi connectivity index (χ1) is 12.5. The van der Waals surface area contributed by atoms with Gasteiger partial charge in [-0.3, -0.25) is 9.67 Å². The molecule has 1 aromatic heterocycles. The van der Waals surface area contributed by atoms with E-state index in [4.69, 9.17) is 0 Å². The van der Waals surface area contributed by atoms with Gasteiger partial charge < -0.3 is 10.6 Å². The van der Waals surface area contributed by atoms with Crippen LogP contribution in [0, 0.1) is 0 Å². The van der Waals surface area contributed by atoms with E-state index >= 15 is 0 Å². The average molecular weight is 521 g/mol. The Labute approximate surface area is 174 Å². The first kappa shape index (κ1) is 24.0. The first-order valence-corrected chi connectivity index (χ1v) is 7.71. The van der Waals surface area contributed by atoms with E-state index in [9.17, 15) is 26.3 Å². The number of hydrogen-bond donors (Lipinski definition) is 2. The second-order valence-electron chi connectivity index (χ2n) is 5.65. The van der Waals surface area contributed by atoms with E-state index in [-0.39, 0.29) is 48.6 Å². The number of nitrogens with zero attached hydrogens (tertiary/aromatic N) is 3. The van der Waals surface area contributed by atoms with Crippen LogP contribution in [-0.2, 0) is 32.5 Å². The largest absolute Gasteiger partial charge is 0.435 e. The third-order valence-corrected chi connectivity index (χ3v) is 3.56. The van der Waals surface area contributed by atoms with Crippen molar-refractivity contribution >= 4 is 29.9 Å². The van der Waals surface area contributed by atoms with Gasteiger partial charge in [0.15, 0.2) is 11.7 Å². The third-order valence-electron chi connectivity index (χ3n) is 3.56. The van der Waals surface area contributed by atoms with Crippen molar-refractivity contribution in [1.82, 2.24) is 20.4 Å². The highest BCUT2D eigenvalue weighted by Gasteiger charge is 2.36. The summed E-state index contributed by atoms with van der Waals surface area (Å²) in [5, 5.41) is 8.85. The summed E-state index contributed by atoms with van der Waals surface area (Å²) >= 11 is 0. The van der Waals surface area contributed by atoms with Crippen molar-refractivity contribution in [2.45, 2.75) is 25.4 Å². The summed E-state index contributed by atoms with van der Waals surface area (Å²) in [5.41, 5.74) is -1.52. The minimum atomic E-state index is -4.59. The molecule has 1 aromatic carbocycles. The van der Waals surface area contributed by atoms with Gasteiger partial charge in [-0.25, -0.2) is 0 Å². The molecule has 0 unspecified atom stereocenters. The molecule has 2 N–H and O–H groups in total. The Morgan fingerprint density at radius 3 is 2.29 bits per heavy atom. The normalized spacial score (nSPS) is 12.5. The number of benzene rings is 1. The Kier molecular flexibility index (Phi) is 8.14. The van der Waals surface area contributed by atoms with Crippen LogP contribution >= 0.6 is 24.0 Å². The van der Waals surface area contributed by atoms with Gasteiger partial charge in [0.05, 0.1) is 5.56 Å². The van der Waals surface area contributed by atoms with Gasteiger partial charge in [0.2, 0.25) is 0 Å². The van der Waals surface area contributed by atoms with Gasteiger partial charge in [0.1, 0.15) is 0 Å². The van der Waals surface area contributed by atoms with Crippen molar-refractivity contribution in [2.24, 2.45) is 12.0 Å². The standard InChI is InChI=1S/C16H17F6N5.HI/c1-23-14(24-7-10-4-3-5-12(6-10)15(17,18)19)25-8-11-9-27(2)26-13(11)16(20,21)22;/h3-6,9H,7-8H2,1-2H3,(H2,23,24,25);1H. The van der Waals surface area contributed by atoms with Crippen molar-refractivity contribution in [1.29, 1.82) is 0 Å². The molecule has 156 valence electrons. The second-order valence-corrected chi connectivity index (χ2v) is 5.65. The van der Waals surface area contributed by atoms with Crippen LogP contribution in [0.2, 0.25) is 0 Å². The monoisotopic (exact) mass is 521 g/mol. The smallest absolute Gasteiger partial charge is 0.352 e. The van der Waals surface area contributed by atoms with Crippen molar-refractivity contribution in [3.05, 3.63) is 52.8 Å². The minimum absolute atomic E-state index is 0. The molecule has 0 atom stereocenters. The SMILES string of the molecule is CN=C(NCc1cccc(C(F)(F)F)c1)NCc1cn(C)nc1C(F)(F)F.I. The molecular formula is C16H18F6IN5. The number of nitrogens with one attached hydrogen (secondary N) is 2. The van der Waals surface area contributed by atoms with Crippen LogP contribution in [0.4, 0.5) is 26.3 Å². The molecule has 2 aromatic rings. The number of alkyl halides is 6. The quantitative estimate of drug-likeness (QED) is 0.278. The van der Waals surface area contributed by atoms with Gasteiger partial charge in [-0.1, -0.05) is 12.1 Å². The highest BCUT2D eigenvalue weighted by atomic mass is 127.